The first-order chi connectivity index (χ1) is 11.7. The van der Waals surface area contributed by atoms with Crippen LogP contribution in [0.4, 0.5) is 0 Å². The zero-order chi connectivity index (χ0) is 16.8. The molecule has 0 bridgehead atoms. The predicted octanol–water partition coefficient (Wildman–Crippen LogP) is 3.95. The number of aromatic nitrogens is 3. The largest absolute Gasteiger partial charge is 0.355 e. The minimum absolute atomic E-state index is 0.0728. The number of carbonyl (C=O) groups excluding carboxylic acids is 1. The Kier molecular flexibility index (Phi) is 6.35. The van der Waals surface area contributed by atoms with Crippen LogP contribution in [0.3, 0.4) is 0 Å². The van der Waals surface area contributed by atoms with E-state index in [1.165, 1.54) is 68.7 Å². The first-order valence-corrected chi connectivity index (χ1v) is 10.1. The molecule has 5 nitrogen and oxygen atoms in total. The normalized spacial score (nSPS) is 20.0. The van der Waals surface area contributed by atoms with Crippen LogP contribution in [0.1, 0.15) is 76.5 Å². The molecule has 1 saturated carbocycles. The molecule has 24 heavy (non-hydrogen) atoms. The zero-order valence-corrected chi connectivity index (χ0v) is 15.3. The summed E-state index contributed by atoms with van der Waals surface area (Å²) in [5.41, 5.74) is 1.50. The van der Waals surface area contributed by atoms with E-state index in [0.717, 1.165) is 18.8 Å². The molecule has 1 fully saturated rings. The third-order valence-corrected chi connectivity index (χ3v) is 5.97. The maximum Gasteiger partial charge on any atom is 0.233 e. The molecule has 1 heterocycles. The number of rotatable bonds is 7. The van der Waals surface area contributed by atoms with Gasteiger partial charge in [0.15, 0.2) is 0 Å². The van der Waals surface area contributed by atoms with Crippen LogP contribution < -0.4 is 5.32 Å². The lowest BCUT2D eigenvalue weighted by Crippen LogP contribution is -2.32. The Morgan fingerprint density at radius 3 is 2.96 bits per heavy atom. The molecule has 1 aromatic rings. The number of nitrogens with one attached hydrogen (secondary N) is 2. The number of H-pyrrole nitrogens is 1. The summed E-state index contributed by atoms with van der Waals surface area (Å²) in [6, 6.07) is 0. The van der Waals surface area contributed by atoms with Gasteiger partial charge in [-0.3, -0.25) is 9.89 Å². The van der Waals surface area contributed by atoms with Crippen molar-refractivity contribution in [3.05, 3.63) is 17.5 Å². The lowest BCUT2D eigenvalue weighted by atomic mass is 9.97. The average molecular weight is 349 g/mol. The topological polar surface area (TPSA) is 70.7 Å². The highest BCUT2D eigenvalue weighted by atomic mass is 32.2. The fourth-order valence-corrected chi connectivity index (χ4v) is 4.28. The molecule has 0 aliphatic heterocycles. The molecule has 2 aliphatic carbocycles. The Balaban J connectivity index is 1.41. The van der Waals surface area contributed by atoms with E-state index in [9.17, 15) is 4.79 Å². The van der Waals surface area contributed by atoms with Crippen LogP contribution in [0.2, 0.25) is 0 Å². The summed E-state index contributed by atoms with van der Waals surface area (Å²) < 4.78 is 0. The molecule has 1 amide bonds. The Morgan fingerprint density at radius 2 is 2.21 bits per heavy atom. The highest BCUT2D eigenvalue weighted by molar-refractivity contribution is 8.00. The van der Waals surface area contributed by atoms with Crippen molar-refractivity contribution in [2.24, 2.45) is 0 Å². The standard InChI is InChI=1S/C18H28N4OS/c1-13(17(23)19-12-11-14-7-3-2-4-8-14)24-18-20-16(21-22-18)15-9-5-6-10-15/h7,13,15H,2-6,8-12H2,1H3,(H,19,23)(H,20,21,22). The van der Waals surface area contributed by atoms with E-state index in [-0.39, 0.29) is 11.2 Å². The molecule has 0 aromatic carbocycles. The molecule has 6 heteroatoms. The Morgan fingerprint density at radius 1 is 1.38 bits per heavy atom. The highest BCUT2D eigenvalue weighted by Crippen LogP contribution is 2.33. The third-order valence-electron chi connectivity index (χ3n) is 5.01. The van der Waals surface area contributed by atoms with Gasteiger partial charge in [-0.25, -0.2) is 4.98 Å². The van der Waals surface area contributed by atoms with Crippen molar-refractivity contribution < 1.29 is 4.79 Å². The molecule has 2 aliphatic rings. The van der Waals surface area contributed by atoms with Gasteiger partial charge in [-0.2, -0.15) is 0 Å². The van der Waals surface area contributed by atoms with Gasteiger partial charge >= 0.3 is 0 Å². The first-order valence-electron chi connectivity index (χ1n) is 9.27. The van der Waals surface area contributed by atoms with Gasteiger partial charge in [0.2, 0.25) is 11.1 Å². The van der Waals surface area contributed by atoms with Gasteiger partial charge in [-0.1, -0.05) is 36.3 Å². The summed E-state index contributed by atoms with van der Waals surface area (Å²) in [7, 11) is 0. The first kappa shape index (κ1) is 17.5. The van der Waals surface area contributed by atoms with E-state index in [0.29, 0.717) is 11.1 Å². The van der Waals surface area contributed by atoms with Gasteiger partial charge in [0.05, 0.1) is 5.25 Å². The van der Waals surface area contributed by atoms with Crippen LogP contribution in [0.15, 0.2) is 16.8 Å². The molecular formula is C18H28N4OS. The Bertz CT molecular complexity index is 577. The minimum atomic E-state index is -0.169. The van der Waals surface area contributed by atoms with Gasteiger partial charge < -0.3 is 5.32 Å². The maximum atomic E-state index is 12.2. The fourth-order valence-electron chi connectivity index (χ4n) is 3.53. The van der Waals surface area contributed by atoms with E-state index in [1.807, 2.05) is 6.92 Å². The quantitative estimate of drug-likeness (QED) is 0.578. The molecule has 1 atom stereocenters. The fraction of sp³-hybridized carbons (Fsp3) is 0.722. The van der Waals surface area contributed by atoms with Crippen molar-refractivity contribution in [2.45, 2.75) is 81.0 Å². The van der Waals surface area contributed by atoms with Crippen LogP contribution in [0.5, 0.6) is 0 Å². The molecule has 3 rings (SSSR count). The molecule has 1 unspecified atom stereocenters. The van der Waals surface area contributed by atoms with Crippen molar-refractivity contribution in [1.29, 1.82) is 0 Å². The summed E-state index contributed by atoms with van der Waals surface area (Å²) in [6.07, 6.45) is 13.3. The van der Waals surface area contributed by atoms with Crippen LogP contribution in [0.25, 0.3) is 0 Å². The number of nitrogens with zero attached hydrogens (tertiary/aromatic N) is 2. The molecule has 1 aromatic heterocycles. The third kappa shape index (κ3) is 4.85. The number of hydrogen-bond acceptors (Lipinski definition) is 4. The van der Waals surface area contributed by atoms with Gasteiger partial charge in [0.1, 0.15) is 5.82 Å². The van der Waals surface area contributed by atoms with Crippen molar-refractivity contribution in [1.82, 2.24) is 20.5 Å². The van der Waals surface area contributed by atoms with E-state index >= 15 is 0 Å². The molecule has 0 saturated heterocycles. The van der Waals surface area contributed by atoms with Gasteiger partial charge in [-0.05, 0) is 51.9 Å². The molecule has 0 radical (unpaired) electrons. The van der Waals surface area contributed by atoms with Crippen molar-refractivity contribution in [3.63, 3.8) is 0 Å². The number of thioether (sulfide) groups is 1. The van der Waals surface area contributed by atoms with E-state index < -0.39 is 0 Å². The van der Waals surface area contributed by atoms with Crippen LogP contribution in [0, 0.1) is 0 Å². The lowest BCUT2D eigenvalue weighted by molar-refractivity contribution is -0.120. The Hall–Kier alpha value is -1.30. The summed E-state index contributed by atoms with van der Waals surface area (Å²) in [5.74, 6) is 1.59. The second-order valence-corrected chi connectivity index (χ2v) is 8.20. The molecule has 132 valence electrons. The van der Waals surface area contributed by atoms with Crippen LogP contribution >= 0.6 is 11.8 Å². The zero-order valence-electron chi connectivity index (χ0n) is 14.5. The van der Waals surface area contributed by atoms with Crippen molar-refractivity contribution in [3.8, 4) is 0 Å². The summed E-state index contributed by atoms with van der Waals surface area (Å²) in [6.45, 7) is 2.66. The van der Waals surface area contributed by atoms with E-state index in [2.05, 4.69) is 26.6 Å². The van der Waals surface area contributed by atoms with Gasteiger partial charge in [0, 0.05) is 12.5 Å². The number of allylic oxidation sites excluding steroid dienone is 1. The monoisotopic (exact) mass is 348 g/mol. The molecular weight excluding hydrogens is 320 g/mol. The average Bonchev–Trinajstić information content (AvgIpc) is 3.27. The number of carbonyl (C=O) groups is 1. The van der Waals surface area contributed by atoms with E-state index in [1.54, 1.807) is 0 Å². The Labute approximate surface area is 148 Å². The summed E-state index contributed by atoms with van der Waals surface area (Å²) in [5, 5.41) is 10.9. The smallest absolute Gasteiger partial charge is 0.233 e. The lowest BCUT2D eigenvalue weighted by Gasteiger charge is -2.14. The van der Waals surface area contributed by atoms with Crippen LogP contribution in [-0.2, 0) is 4.79 Å². The second kappa shape index (κ2) is 8.70. The second-order valence-electron chi connectivity index (χ2n) is 6.89. The summed E-state index contributed by atoms with van der Waals surface area (Å²) >= 11 is 1.44. The van der Waals surface area contributed by atoms with E-state index in [4.69, 9.17) is 0 Å². The number of aromatic amines is 1. The number of amides is 1. The van der Waals surface area contributed by atoms with Crippen LogP contribution in [-0.4, -0.2) is 32.9 Å². The molecule has 2 N–H and O–H groups in total. The molecule has 0 spiro atoms. The maximum absolute atomic E-state index is 12.2. The van der Waals surface area contributed by atoms with Gasteiger partial charge in [-0.15, -0.1) is 5.10 Å². The number of hydrogen-bond donors (Lipinski definition) is 2. The highest BCUT2D eigenvalue weighted by Gasteiger charge is 2.22. The predicted molar refractivity (Wildman–Crippen MR) is 97.1 cm³/mol. The van der Waals surface area contributed by atoms with Crippen molar-refractivity contribution >= 4 is 17.7 Å². The SMILES string of the molecule is CC(Sc1n[nH]c(C2CCCC2)n1)C(=O)NCCC1=CCCCC1. The van der Waals surface area contributed by atoms with Crippen molar-refractivity contribution in [2.75, 3.05) is 6.54 Å². The minimum Gasteiger partial charge on any atom is -0.355 e. The van der Waals surface area contributed by atoms with Gasteiger partial charge in [0.25, 0.3) is 0 Å². The summed E-state index contributed by atoms with van der Waals surface area (Å²) in [4.78, 5) is 16.8.